The predicted octanol–water partition coefficient (Wildman–Crippen LogP) is 1.01. The second-order valence-electron chi connectivity index (χ2n) is 4.25. The Morgan fingerprint density at radius 3 is 2.71 bits per heavy atom. The molecule has 0 aliphatic carbocycles. The smallest absolute Gasteiger partial charge is 0.433 e. The molecule has 0 saturated carbocycles. The zero-order valence-electron chi connectivity index (χ0n) is 11.0. The van der Waals surface area contributed by atoms with Gasteiger partial charge in [-0.15, -0.1) is 0 Å². The van der Waals surface area contributed by atoms with Crippen LogP contribution >= 0.6 is 0 Å². The minimum Gasteiger partial charge on any atom is -0.450 e. The van der Waals surface area contributed by atoms with Crippen molar-refractivity contribution in [2.24, 2.45) is 12.0 Å². The molecule has 1 heterocycles. The Balaban J connectivity index is 2.35. The Labute approximate surface area is 119 Å². The molecular formula is C12H11BF3N4O. The molecule has 2 aromatic rings. The van der Waals surface area contributed by atoms with E-state index in [1.807, 2.05) is 0 Å². The largest absolute Gasteiger partial charge is 0.450 e. The summed E-state index contributed by atoms with van der Waals surface area (Å²) in [5.74, 6) is -0.100. The fraction of sp³-hybridized carbons (Fsp3) is 0.167. The van der Waals surface area contributed by atoms with Crippen LogP contribution in [-0.2, 0) is 13.2 Å². The third-order valence-corrected chi connectivity index (χ3v) is 2.80. The SMILES string of the molecule is Cn1nc(N=Cc2c(N)cccc2[B]O)cc1C(F)(F)F. The van der Waals surface area contributed by atoms with Crippen molar-refractivity contribution in [3.8, 4) is 0 Å². The Morgan fingerprint density at radius 2 is 2.14 bits per heavy atom. The first-order chi connectivity index (χ1) is 9.82. The molecule has 0 aliphatic heterocycles. The number of alkyl halides is 3. The van der Waals surface area contributed by atoms with E-state index in [1.165, 1.54) is 13.3 Å². The quantitative estimate of drug-likeness (QED) is 0.504. The monoisotopic (exact) mass is 295 g/mol. The van der Waals surface area contributed by atoms with Gasteiger partial charge in [-0.3, -0.25) is 4.68 Å². The lowest BCUT2D eigenvalue weighted by Crippen LogP contribution is -2.20. The third kappa shape index (κ3) is 3.25. The molecule has 0 atom stereocenters. The van der Waals surface area contributed by atoms with E-state index in [2.05, 4.69) is 10.1 Å². The molecule has 2 rings (SSSR count). The minimum atomic E-state index is -4.49. The van der Waals surface area contributed by atoms with Gasteiger partial charge in [0.25, 0.3) is 0 Å². The van der Waals surface area contributed by atoms with Crippen LogP contribution < -0.4 is 11.2 Å². The summed E-state index contributed by atoms with van der Waals surface area (Å²) in [6.07, 6.45) is -3.23. The number of aromatic nitrogens is 2. The molecule has 0 spiro atoms. The molecule has 0 aliphatic rings. The van der Waals surface area contributed by atoms with Crippen LogP contribution in [0.25, 0.3) is 0 Å². The van der Waals surface area contributed by atoms with Crippen LogP contribution in [0.5, 0.6) is 0 Å². The Kier molecular flexibility index (Phi) is 4.03. The molecule has 5 nitrogen and oxygen atoms in total. The van der Waals surface area contributed by atoms with Gasteiger partial charge < -0.3 is 10.8 Å². The standard InChI is InChI=1S/C12H11BF3N4O/c1-20-10(12(14,15)16)5-11(19-20)18-6-7-8(13-21)3-2-4-9(7)17/h2-6,21H,17H2,1H3. The number of nitrogen functional groups attached to an aromatic ring is 1. The number of hydrogen-bond acceptors (Lipinski definition) is 4. The maximum absolute atomic E-state index is 12.6. The minimum absolute atomic E-state index is 0.100. The Bertz CT molecular complexity index is 682. The third-order valence-electron chi connectivity index (χ3n) is 2.80. The van der Waals surface area contributed by atoms with E-state index < -0.39 is 11.9 Å². The molecule has 0 amide bonds. The fourth-order valence-electron chi connectivity index (χ4n) is 1.77. The van der Waals surface area contributed by atoms with Crippen molar-refractivity contribution in [2.45, 2.75) is 6.18 Å². The lowest BCUT2D eigenvalue weighted by molar-refractivity contribution is -0.143. The van der Waals surface area contributed by atoms with Gasteiger partial charge in [-0.2, -0.15) is 18.3 Å². The van der Waals surface area contributed by atoms with E-state index in [-0.39, 0.29) is 5.82 Å². The molecule has 1 radical (unpaired) electrons. The summed E-state index contributed by atoms with van der Waals surface area (Å²) in [7, 11) is 2.03. The van der Waals surface area contributed by atoms with Crippen LogP contribution in [0.1, 0.15) is 11.3 Å². The first-order valence-corrected chi connectivity index (χ1v) is 5.84. The summed E-state index contributed by atoms with van der Waals surface area (Å²) in [6.45, 7) is 0. The van der Waals surface area contributed by atoms with Gasteiger partial charge in [0, 0.05) is 30.6 Å². The highest BCUT2D eigenvalue weighted by Crippen LogP contribution is 2.30. The molecule has 3 N–H and O–H groups in total. The number of benzene rings is 1. The highest BCUT2D eigenvalue weighted by atomic mass is 19.4. The topological polar surface area (TPSA) is 76.4 Å². The maximum atomic E-state index is 12.6. The molecule has 0 unspecified atom stereocenters. The summed E-state index contributed by atoms with van der Waals surface area (Å²) in [4.78, 5) is 3.87. The molecule has 1 aromatic heterocycles. The summed E-state index contributed by atoms with van der Waals surface area (Å²) in [6, 6.07) is 5.65. The molecular weight excluding hydrogens is 284 g/mol. The second-order valence-corrected chi connectivity index (χ2v) is 4.25. The van der Waals surface area contributed by atoms with Crippen LogP contribution in [0, 0.1) is 0 Å². The number of anilines is 1. The molecule has 109 valence electrons. The summed E-state index contributed by atoms with van der Waals surface area (Å²) in [5.41, 5.74) is 5.99. The maximum Gasteiger partial charge on any atom is 0.433 e. The number of aliphatic imine (C=N–C) groups is 1. The van der Waals surface area contributed by atoms with Crippen molar-refractivity contribution in [3.05, 3.63) is 35.5 Å². The van der Waals surface area contributed by atoms with E-state index in [0.717, 1.165) is 13.5 Å². The van der Waals surface area contributed by atoms with Crippen molar-refractivity contribution in [3.63, 3.8) is 0 Å². The van der Waals surface area contributed by atoms with Gasteiger partial charge in [-0.25, -0.2) is 4.99 Å². The lowest BCUT2D eigenvalue weighted by atomic mass is 9.84. The second kappa shape index (κ2) is 5.61. The van der Waals surface area contributed by atoms with Crippen LogP contribution in [0.3, 0.4) is 0 Å². The van der Waals surface area contributed by atoms with Crippen molar-refractivity contribution in [1.82, 2.24) is 9.78 Å². The van der Waals surface area contributed by atoms with Crippen LogP contribution in [-0.4, -0.2) is 28.5 Å². The van der Waals surface area contributed by atoms with E-state index in [9.17, 15) is 13.2 Å². The van der Waals surface area contributed by atoms with Gasteiger partial charge >= 0.3 is 13.7 Å². The van der Waals surface area contributed by atoms with Crippen molar-refractivity contribution >= 4 is 30.7 Å². The highest BCUT2D eigenvalue weighted by Gasteiger charge is 2.34. The van der Waals surface area contributed by atoms with Crippen molar-refractivity contribution < 1.29 is 18.2 Å². The summed E-state index contributed by atoms with van der Waals surface area (Å²) >= 11 is 0. The molecule has 0 fully saturated rings. The molecule has 0 bridgehead atoms. The molecule has 21 heavy (non-hydrogen) atoms. The normalized spacial score (nSPS) is 12.0. The number of halogens is 3. The number of hydrogen-bond donors (Lipinski definition) is 2. The molecule has 0 saturated heterocycles. The first kappa shape index (κ1) is 15.1. The van der Waals surface area contributed by atoms with E-state index in [0.29, 0.717) is 21.4 Å². The number of nitrogens with zero attached hydrogens (tertiary/aromatic N) is 3. The Hall–Kier alpha value is -2.29. The highest BCUT2D eigenvalue weighted by molar-refractivity contribution is 6.48. The van der Waals surface area contributed by atoms with Crippen LogP contribution in [0.15, 0.2) is 29.3 Å². The number of aryl methyl sites for hydroxylation is 1. The van der Waals surface area contributed by atoms with E-state index in [1.54, 1.807) is 18.2 Å². The predicted molar refractivity (Wildman–Crippen MR) is 73.9 cm³/mol. The Morgan fingerprint density at radius 1 is 1.43 bits per heavy atom. The summed E-state index contributed by atoms with van der Waals surface area (Å²) < 4.78 is 38.6. The summed E-state index contributed by atoms with van der Waals surface area (Å²) in [5, 5.41) is 12.7. The lowest BCUT2D eigenvalue weighted by Gasteiger charge is -2.04. The van der Waals surface area contributed by atoms with Gasteiger partial charge in [0.05, 0.1) is 0 Å². The van der Waals surface area contributed by atoms with Crippen molar-refractivity contribution in [2.75, 3.05) is 5.73 Å². The van der Waals surface area contributed by atoms with E-state index in [4.69, 9.17) is 10.8 Å². The van der Waals surface area contributed by atoms with Gasteiger partial charge in [0.1, 0.15) is 5.69 Å². The zero-order valence-corrected chi connectivity index (χ0v) is 11.0. The van der Waals surface area contributed by atoms with Crippen LogP contribution in [0.2, 0.25) is 0 Å². The number of rotatable bonds is 3. The van der Waals surface area contributed by atoms with Gasteiger partial charge in [0.2, 0.25) is 0 Å². The molecule has 1 aromatic carbocycles. The number of nitrogens with two attached hydrogens (primary N) is 1. The van der Waals surface area contributed by atoms with Crippen LogP contribution in [0.4, 0.5) is 24.7 Å². The average Bonchev–Trinajstić information content (AvgIpc) is 2.78. The molecule has 9 heteroatoms. The van der Waals surface area contributed by atoms with Gasteiger partial charge in [0.15, 0.2) is 5.82 Å². The van der Waals surface area contributed by atoms with Gasteiger partial charge in [-0.1, -0.05) is 12.1 Å². The van der Waals surface area contributed by atoms with Crippen molar-refractivity contribution in [1.29, 1.82) is 0 Å². The zero-order chi connectivity index (χ0) is 15.6. The first-order valence-electron chi connectivity index (χ1n) is 5.84. The average molecular weight is 295 g/mol. The van der Waals surface area contributed by atoms with Gasteiger partial charge in [-0.05, 0) is 11.5 Å². The van der Waals surface area contributed by atoms with E-state index >= 15 is 0 Å². The fourth-order valence-corrected chi connectivity index (χ4v) is 1.77.